The number of nitrogens with zero attached hydrogens (tertiary/aromatic N) is 3. The van der Waals surface area contributed by atoms with E-state index in [1.807, 2.05) is 11.9 Å². The van der Waals surface area contributed by atoms with Crippen molar-refractivity contribution >= 4 is 5.91 Å². The van der Waals surface area contributed by atoms with Crippen LogP contribution in [-0.2, 0) is 11.2 Å². The van der Waals surface area contributed by atoms with Crippen LogP contribution < -0.4 is 0 Å². The number of carbonyl (C=O) groups excluding carboxylic acids is 1. The molecule has 4 bridgehead atoms. The number of amides is 1. The van der Waals surface area contributed by atoms with Gasteiger partial charge in [-0.2, -0.15) is 4.98 Å². The molecule has 4 fully saturated rings. The maximum absolute atomic E-state index is 13.4. The summed E-state index contributed by atoms with van der Waals surface area (Å²) < 4.78 is 5.02. The molecule has 5 nitrogen and oxygen atoms in total. The summed E-state index contributed by atoms with van der Waals surface area (Å²) in [6, 6.07) is 0. The number of likely N-dealkylation sites (N-methyl/N-ethyl adjacent to an activating group) is 1. The first-order chi connectivity index (χ1) is 11.2. The Hall–Kier alpha value is -1.39. The first-order valence-corrected chi connectivity index (χ1v) is 9.26. The first-order valence-electron chi connectivity index (χ1n) is 9.26. The maximum Gasteiger partial charge on any atom is 0.228 e. The zero-order valence-electron chi connectivity index (χ0n) is 15.4. The van der Waals surface area contributed by atoms with Crippen molar-refractivity contribution in [2.45, 2.75) is 65.7 Å². The Balaban J connectivity index is 1.49. The number of carbonyl (C=O) groups is 1. The zero-order valence-corrected chi connectivity index (χ0v) is 15.4. The Morgan fingerprint density at radius 2 is 1.88 bits per heavy atom. The van der Waals surface area contributed by atoms with Crippen LogP contribution in [-0.4, -0.2) is 34.5 Å². The highest BCUT2D eigenvalue weighted by Crippen LogP contribution is 2.69. The highest BCUT2D eigenvalue weighted by Gasteiger charge is 2.63. The van der Waals surface area contributed by atoms with Crippen LogP contribution in [0.4, 0.5) is 0 Å². The molecule has 1 heterocycles. The molecule has 5 heteroatoms. The fourth-order valence-corrected chi connectivity index (χ4v) is 6.90. The van der Waals surface area contributed by atoms with E-state index in [2.05, 4.69) is 24.0 Å². The number of aryl methyl sites for hydroxylation is 1. The van der Waals surface area contributed by atoms with Crippen molar-refractivity contribution in [1.82, 2.24) is 15.0 Å². The number of rotatable bonds is 4. The highest BCUT2D eigenvalue weighted by atomic mass is 16.5. The van der Waals surface area contributed by atoms with E-state index in [1.165, 1.54) is 19.3 Å². The third-order valence-corrected chi connectivity index (χ3v) is 6.67. The minimum Gasteiger partial charge on any atom is -0.345 e. The number of aromatic nitrogens is 2. The quantitative estimate of drug-likeness (QED) is 0.848. The van der Waals surface area contributed by atoms with Gasteiger partial charge in [-0.15, -0.1) is 0 Å². The van der Waals surface area contributed by atoms with E-state index in [-0.39, 0.29) is 5.41 Å². The summed E-state index contributed by atoms with van der Waals surface area (Å²) in [5.74, 6) is 2.37. The second kappa shape index (κ2) is 5.06. The fourth-order valence-electron chi connectivity index (χ4n) is 6.90. The Labute approximate surface area is 144 Å². The molecule has 4 aliphatic carbocycles. The maximum atomic E-state index is 13.4. The average Bonchev–Trinajstić information content (AvgIpc) is 2.85. The second-order valence-corrected chi connectivity index (χ2v) is 9.62. The predicted octanol–water partition coefficient (Wildman–Crippen LogP) is 3.38. The van der Waals surface area contributed by atoms with Crippen LogP contribution in [0, 0.1) is 29.1 Å². The van der Waals surface area contributed by atoms with Crippen molar-refractivity contribution < 1.29 is 9.32 Å². The summed E-state index contributed by atoms with van der Waals surface area (Å²) in [7, 11) is 1.94. The van der Waals surface area contributed by atoms with Crippen LogP contribution >= 0.6 is 0 Å². The molecule has 0 aromatic carbocycles. The van der Waals surface area contributed by atoms with Crippen LogP contribution in [0.1, 0.15) is 64.1 Å². The molecule has 0 radical (unpaired) electrons. The molecule has 2 atom stereocenters. The van der Waals surface area contributed by atoms with Crippen LogP contribution in [0.15, 0.2) is 4.52 Å². The molecular formula is C19H29N3O2. The number of hydrogen-bond donors (Lipinski definition) is 0. The predicted molar refractivity (Wildman–Crippen MR) is 90.2 cm³/mol. The van der Waals surface area contributed by atoms with Crippen LogP contribution in [0.25, 0.3) is 0 Å². The van der Waals surface area contributed by atoms with Gasteiger partial charge in [0.05, 0.1) is 5.41 Å². The van der Waals surface area contributed by atoms with E-state index >= 15 is 0 Å². The van der Waals surface area contributed by atoms with Gasteiger partial charge in [-0.3, -0.25) is 4.79 Å². The summed E-state index contributed by atoms with van der Waals surface area (Å²) in [6.45, 7) is 7.29. The molecule has 1 amide bonds. The van der Waals surface area contributed by atoms with Crippen molar-refractivity contribution in [3.05, 3.63) is 11.7 Å². The van der Waals surface area contributed by atoms with Gasteiger partial charge in [0, 0.05) is 26.9 Å². The van der Waals surface area contributed by atoms with E-state index in [9.17, 15) is 4.79 Å². The van der Waals surface area contributed by atoms with Crippen LogP contribution in [0.2, 0.25) is 0 Å². The zero-order chi connectivity index (χ0) is 17.2. The van der Waals surface area contributed by atoms with Crippen LogP contribution in [0.5, 0.6) is 0 Å². The molecule has 1 aromatic heterocycles. The van der Waals surface area contributed by atoms with E-state index in [0.717, 1.165) is 25.2 Å². The molecule has 2 unspecified atom stereocenters. The molecule has 4 saturated carbocycles. The van der Waals surface area contributed by atoms with Gasteiger partial charge in [-0.25, -0.2) is 0 Å². The van der Waals surface area contributed by atoms with Gasteiger partial charge >= 0.3 is 0 Å². The van der Waals surface area contributed by atoms with Gasteiger partial charge in [0.1, 0.15) is 0 Å². The van der Waals surface area contributed by atoms with Crippen molar-refractivity contribution in [2.75, 3.05) is 13.6 Å². The van der Waals surface area contributed by atoms with Gasteiger partial charge in [0.25, 0.3) is 0 Å². The van der Waals surface area contributed by atoms with E-state index < -0.39 is 0 Å². The normalized spacial score (nSPS) is 40.1. The Kier molecular flexibility index (Phi) is 3.39. The van der Waals surface area contributed by atoms with E-state index in [4.69, 9.17) is 4.52 Å². The summed E-state index contributed by atoms with van der Waals surface area (Å²) >= 11 is 0. The van der Waals surface area contributed by atoms with E-state index in [0.29, 0.717) is 41.4 Å². The van der Waals surface area contributed by atoms with Crippen LogP contribution in [0.3, 0.4) is 0 Å². The van der Waals surface area contributed by atoms with Gasteiger partial charge in [-0.05, 0) is 55.3 Å². The second-order valence-electron chi connectivity index (χ2n) is 9.62. The third-order valence-electron chi connectivity index (χ3n) is 6.67. The molecule has 0 N–H and O–H groups in total. The summed E-state index contributed by atoms with van der Waals surface area (Å²) in [5, 5.41) is 3.94. The van der Waals surface area contributed by atoms with Crippen molar-refractivity contribution in [3.8, 4) is 0 Å². The monoisotopic (exact) mass is 331 g/mol. The molecule has 0 aliphatic heterocycles. The fraction of sp³-hybridized carbons (Fsp3) is 0.842. The molecule has 5 rings (SSSR count). The van der Waals surface area contributed by atoms with E-state index in [1.54, 1.807) is 6.92 Å². The summed E-state index contributed by atoms with van der Waals surface area (Å²) in [5.41, 5.74) is 0.621. The summed E-state index contributed by atoms with van der Waals surface area (Å²) in [4.78, 5) is 19.5. The van der Waals surface area contributed by atoms with Gasteiger partial charge in [-0.1, -0.05) is 19.0 Å². The molecule has 0 spiro atoms. The molecule has 24 heavy (non-hydrogen) atoms. The van der Waals surface area contributed by atoms with Crippen molar-refractivity contribution in [2.24, 2.45) is 22.2 Å². The van der Waals surface area contributed by atoms with Gasteiger partial charge < -0.3 is 9.42 Å². The molecule has 4 aliphatic rings. The highest BCUT2D eigenvalue weighted by molar-refractivity contribution is 5.83. The molecule has 1 aromatic rings. The minimum absolute atomic E-state index is 0.120. The largest absolute Gasteiger partial charge is 0.345 e. The molecule has 0 saturated heterocycles. The topological polar surface area (TPSA) is 59.2 Å². The van der Waals surface area contributed by atoms with Gasteiger partial charge in [0.2, 0.25) is 11.8 Å². The first kappa shape index (κ1) is 16.1. The standard InChI is InChI=1S/C19H29N3O2/c1-13-20-15(21-24-13)5-6-22(4)16(23)19-9-14-7-17(2,11-19)10-18(3,8-14)12-19/h14H,5-12H2,1-4H3. The Morgan fingerprint density at radius 1 is 1.21 bits per heavy atom. The van der Waals surface area contributed by atoms with Crippen molar-refractivity contribution in [3.63, 3.8) is 0 Å². The Morgan fingerprint density at radius 3 is 2.42 bits per heavy atom. The number of hydrogen-bond acceptors (Lipinski definition) is 4. The third kappa shape index (κ3) is 2.56. The molecular weight excluding hydrogens is 302 g/mol. The lowest BCUT2D eigenvalue weighted by molar-refractivity contribution is -0.178. The smallest absolute Gasteiger partial charge is 0.228 e. The average molecular weight is 331 g/mol. The van der Waals surface area contributed by atoms with Gasteiger partial charge in [0.15, 0.2) is 5.82 Å². The lowest BCUT2D eigenvalue weighted by Gasteiger charge is -2.65. The Bertz CT molecular complexity index is 649. The van der Waals surface area contributed by atoms with Crippen molar-refractivity contribution in [1.29, 1.82) is 0 Å². The lowest BCUT2D eigenvalue weighted by Crippen LogP contribution is -2.60. The molecule has 132 valence electrons. The lowest BCUT2D eigenvalue weighted by atomic mass is 9.40. The minimum atomic E-state index is -0.120. The summed E-state index contributed by atoms with van der Waals surface area (Å²) in [6.07, 6.45) is 7.87. The SMILES string of the molecule is Cc1nc(CCN(C)C(=O)C23CC4CC(C)(CC(C)(C4)C2)C3)no1.